The van der Waals surface area contributed by atoms with Gasteiger partial charge in [-0.05, 0) is 46.2 Å². The fourth-order valence-corrected chi connectivity index (χ4v) is 3.60. The van der Waals surface area contributed by atoms with Gasteiger partial charge in [-0.3, -0.25) is 0 Å². The van der Waals surface area contributed by atoms with Crippen LogP contribution >= 0.6 is 0 Å². The van der Waals surface area contributed by atoms with Crippen LogP contribution < -0.4 is 5.32 Å². The maximum Gasteiger partial charge on any atom is 0.243 e. The van der Waals surface area contributed by atoms with Crippen LogP contribution in [0.2, 0.25) is 0 Å². The molecule has 5 heteroatoms. The van der Waals surface area contributed by atoms with Crippen LogP contribution in [0.3, 0.4) is 0 Å². The number of fused-ring (bicyclic) bond motifs is 2. The van der Waals surface area contributed by atoms with E-state index in [2.05, 4.69) is 41.3 Å². The van der Waals surface area contributed by atoms with E-state index in [9.17, 15) is 0 Å². The molecule has 0 saturated carbocycles. The second kappa shape index (κ2) is 5.21. The Morgan fingerprint density at radius 3 is 2.68 bits per heavy atom. The molecular formula is C14H24N4O. The number of aromatic nitrogens is 2. The van der Waals surface area contributed by atoms with Gasteiger partial charge in [0, 0.05) is 18.0 Å². The zero-order valence-corrected chi connectivity index (χ0v) is 12.1. The van der Waals surface area contributed by atoms with Crippen LogP contribution in [-0.2, 0) is 0 Å². The van der Waals surface area contributed by atoms with Gasteiger partial charge in [0.1, 0.15) is 0 Å². The summed E-state index contributed by atoms with van der Waals surface area (Å²) in [6.07, 6.45) is 5.02. The summed E-state index contributed by atoms with van der Waals surface area (Å²) in [6, 6.07) is 1.59. The third-order valence-electron chi connectivity index (χ3n) is 4.80. The molecule has 0 aromatic carbocycles. The van der Waals surface area contributed by atoms with Gasteiger partial charge >= 0.3 is 0 Å². The number of nitrogens with one attached hydrogen (secondary N) is 1. The van der Waals surface area contributed by atoms with Crippen molar-refractivity contribution in [2.75, 3.05) is 13.6 Å². The van der Waals surface area contributed by atoms with Gasteiger partial charge in [-0.15, -0.1) is 0 Å². The van der Waals surface area contributed by atoms with E-state index in [0.717, 1.165) is 30.3 Å². The molecule has 106 valence electrons. The van der Waals surface area contributed by atoms with Gasteiger partial charge in [-0.25, -0.2) is 0 Å². The topological polar surface area (TPSA) is 54.2 Å². The zero-order chi connectivity index (χ0) is 13.4. The predicted octanol–water partition coefficient (Wildman–Crippen LogP) is 2.08. The average molecular weight is 264 g/mol. The van der Waals surface area contributed by atoms with E-state index in [1.807, 2.05) is 0 Å². The Bertz CT molecular complexity index is 419. The van der Waals surface area contributed by atoms with Gasteiger partial charge in [0.25, 0.3) is 0 Å². The van der Waals surface area contributed by atoms with Crippen molar-refractivity contribution in [2.24, 2.45) is 0 Å². The minimum Gasteiger partial charge on any atom is -0.338 e. The highest BCUT2D eigenvalue weighted by molar-refractivity contribution is 5.06. The number of rotatable bonds is 4. The second-order valence-corrected chi connectivity index (χ2v) is 5.99. The second-order valence-electron chi connectivity index (χ2n) is 5.99. The number of hydrogen-bond donors (Lipinski definition) is 1. The minimum atomic E-state index is 0.147. The molecule has 3 rings (SSSR count). The summed E-state index contributed by atoms with van der Waals surface area (Å²) in [5.41, 5.74) is 0. The maximum absolute atomic E-state index is 5.41. The zero-order valence-electron chi connectivity index (χ0n) is 12.1. The molecule has 2 aliphatic heterocycles. The Morgan fingerprint density at radius 2 is 2.05 bits per heavy atom. The van der Waals surface area contributed by atoms with E-state index in [1.165, 1.54) is 25.7 Å². The molecule has 2 saturated heterocycles. The molecule has 3 atom stereocenters. The van der Waals surface area contributed by atoms with Crippen LogP contribution in [0.5, 0.6) is 0 Å². The van der Waals surface area contributed by atoms with E-state index in [-0.39, 0.29) is 6.04 Å². The number of piperidine rings is 1. The smallest absolute Gasteiger partial charge is 0.243 e. The SMILES string of the molecule is CCNC(C)c1nc(C2CC3CCC(C2)N3C)no1. The Morgan fingerprint density at radius 1 is 1.37 bits per heavy atom. The minimum absolute atomic E-state index is 0.147. The lowest BCUT2D eigenvalue weighted by Gasteiger charge is -2.34. The van der Waals surface area contributed by atoms with Gasteiger partial charge in [0.2, 0.25) is 5.89 Å². The van der Waals surface area contributed by atoms with Crippen molar-refractivity contribution in [1.82, 2.24) is 20.4 Å². The normalized spacial score (nSPS) is 32.7. The first kappa shape index (κ1) is 13.1. The fourth-order valence-electron chi connectivity index (χ4n) is 3.60. The molecule has 19 heavy (non-hydrogen) atoms. The Balaban J connectivity index is 1.70. The van der Waals surface area contributed by atoms with Gasteiger partial charge in [0.15, 0.2) is 5.82 Å². The molecular weight excluding hydrogens is 240 g/mol. The van der Waals surface area contributed by atoms with Crippen molar-refractivity contribution in [3.8, 4) is 0 Å². The van der Waals surface area contributed by atoms with Crippen LogP contribution in [0.25, 0.3) is 0 Å². The summed E-state index contributed by atoms with van der Waals surface area (Å²) in [6.45, 7) is 5.07. The fraction of sp³-hybridized carbons (Fsp3) is 0.857. The van der Waals surface area contributed by atoms with Crippen molar-refractivity contribution in [3.05, 3.63) is 11.7 Å². The summed E-state index contributed by atoms with van der Waals surface area (Å²) in [4.78, 5) is 7.16. The molecule has 0 aliphatic carbocycles. The van der Waals surface area contributed by atoms with Crippen LogP contribution in [0, 0.1) is 0 Å². The molecule has 1 N–H and O–H groups in total. The summed E-state index contributed by atoms with van der Waals surface area (Å²) < 4.78 is 5.41. The highest BCUT2D eigenvalue weighted by atomic mass is 16.5. The molecule has 2 bridgehead atoms. The van der Waals surface area contributed by atoms with E-state index in [4.69, 9.17) is 4.52 Å². The number of nitrogens with zero attached hydrogens (tertiary/aromatic N) is 3. The van der Waals surface area contributed by atoms with E-state index in [1.54, 1.807) is 0 Å². The highest BCUT2D eigenvalue weighted by Gasteiger charge is 2.40. The molecule has 0 amide bonds. The third kappa shape index (κ3) is 2.41. The summed E-state index contributed by atoms with van der Waals surface area (Å²) in [5, 5.41) is 7.53. The molecule has 3 heterocycles. The third-order valence-corrected chi connectivity index (χ3v) is 4.80. The van der Waals surface area contributed by atoms with E-state index < -0.39 is 0 Å². The van der Waals surface area contributed by atoms with Crippen LogP contribution in [0.1, 0.15) is 63.2 Å². The van der Waals surface area contributed by atoms with Crippen molar-refractivity contribution in [3.63, 3.8) is 0 Å². The standard InChI is InChI=1S/C14H24N4O/c1-4-15-9(2)14-16-13(17-19-14)10-7-11-5-6-12(8-10)18(11)3/h9-12,15H,4-8H2,1-3H3. The lowest BCUT2D eigenvalue weighted by molar-refractivity contribution is 0.157. The molecule has 2 aliphatic rings. The first-order valence-electron chi connectivity index (χ1n) is 7.47. The summed E-state index contributed by atoms with van der Waals surface area (Å²) in [5.74, 6) is 2.13. The predicted molar refractivity (Wildman–Crippen MR) is 72.9 cm³/mol. The van der Waals surface area contributed by atoms with Crippen molar-refractivity contribution in [2.45, 2.75) is 63.6 Å². The van der Waals surface area contributed by atoms with Crippen molar-refractivity contribution < 1.29 is 4.52 Å². The molecule has 1 aromatic heterocycles. The molecule has 0 spiro atoms. The van der Waals surface area contributed by atoms with Crippen LogP contribution in [0.15, 0.2) is 4.52 Å². The molecule has 1 aromatic rings. The van der Waals surface area contributed by atoms with Crippen molar-refractivity contribution >= 4 is 0 Å². The average Bonchev–Trinajstić information content (AvgIpc) is 2.93. The molecule has 0 radical (unpaired) electrons. The Kier molecular flexibility index (Phi) is 3.58. The van der Waals surface area contributed by atoms with E-state index in [0.29, 0.717) is 5.92 Å². The quantitative estimate of drug-likeness (QED) is 0.902. The largest absolute Gasteiger partial charge is 0.338 e. The van der Waals surface area contributed by atoms with Gasteiger partial charge < -0.3 is 14.7 Å². The van der Waals surface area contributed by atoms with Gasteiger partial charge in [-0.2, -0.15) is 4.98 Å². The monoisotopic (exact) mass is 264 g/mol. The van der Waals surface area contributed by atoms with E-state index >= 15 is 0 Å². The first-order valence-corrected chi connectivity index (χ1v) is 7.47. The maximum atomic E-state index is 5.41. The first-order chi connectivity index (χ1) is 9.19. The van der Waals surface area contributed by atoms with Crippen molar-refractivity contribution in [1.29, 1.82) is 0 Å². The van der Waals surface area contributed by atoms with Crippen LogP contribution in [0.4, 0.5) is 0 Å². The number of hydrogen-bond acceptors (Lipinski definition) is 5. The molecule has 3 unspecified atom stereocenters. The Labute approximate surface area is 114 Å². The van der Waals surface area contributed by atoms with Crippen LogP contribution in [-0.4, -0.2) is 40.7 Å². The molecule has 5 nitrogen and oxygen atoms in total. The molecule has 2 fully saturated rings. The van der Waals surface area contributed by atoms with Gasteiger partial charge in [0.05, 0.1) is 6.04 Å². The lowest BCUT2D eigenvalue weighted by Crippen LogP contribution is -2.39. The lowest BCUT2D eigenvalue weighted by atomic mass is 9.90. The summed E-state index contributed by atoms with van der Waals surface area (Å²) in [7, 11) is 2.26. The van der Waals surface area contributed by atoms with Gasteiger partial charge in [-0.1, -0.05) is 12.1 Å². The Hall–Kier alpha value is -0.940. The summed E-state index contributed by atoms with van der Waals surface area (Å²) >= 11 is 0. The highest BCUT2D eigenvalue weighted by Crippen LogP contribution is 2.41.